The summed E-state index contributed by atoms with van der Waals surface area (Å²) in [6.45, 7) is 2.83. The molecule has 0 radical (unpaired) electrons. The van der Waals surface area contributed by atoms with Crippen molar-refractivity contribution in [3.63, 3.8) is 0 Å². The van der Waals surface area contributed by atoms with Gasteiger partial charge in [0.25, 0.3) is 0 Å². The number of nitrogens with one attached hydrogen (secondary N) is 1. The van der Waals surface area contributed by atoms with Gasteiger partial charge in [-0.15, -0.1) is 0 Å². The molecule has 1 atom stereocenters. The highest BCUT2D eigenvalue weighted by molar-refractivity contribution is 5.98. The molecule has 2 N–H and O–H groups in total. The Morgan fingerprint density at radius 3 is 2.66 bits per heavy atom. The van der Waals surface area contributed by atoms with E-state index in [9.17, 15) is 23.1 Å². The van der Waals surface area contributed by atoms with E-state index in [1.165, 1.54) is 12.1 Å². The number of alkyl halides is 3. The Balaban J connectivity index is 1.41. The molecule has 0 unspecified atom stereocenters. The fourth-order valence-corrected chi connectivity index (χ4v) is 4.16. The van der Waals surface area contributed by atoms with Crippen LogP contribution in [0.15, 0.2) is 61.2 Å². The van der Waals surface area contributed by atoms with Crippen molar-refractivity contribution in [2.75, 3.05) is 23.3 Å². The lowest BCUT2D eigenvalue weighted by molar-refractivity contribution is -0.137. The highest BCUT2D eigenvalue weighted by atomic mass is 19.4. The van der Waals surface area contributed by atoms with E-state index in [4.69, 9.17) is 0 Å². The average molecular weight is 524 g/mol. The van der Waals surface area contributed by atoms with Crippen LogP contribution in [0.3, 0.4) is 0 Å². The molecule has 4 aromatic rings. The lowest BCUT2D eigenvalue weighted by Gasteiger charge is -2.18. The van der Waals surface area contributed by atoms with Crippen molar-refractivity contribution in [3.05, 3.63) is 83.4 Å². The minimum atomic E-state index is -4.48. The topological polar surface area (TPSA) is 109 Å². The molecule has 1 saturated heterocycles. The van der Waals surface area contributed by atoms with Crippen LogP contribution in [-0.2, 0) is 12.6 Å². The van der Waals surface area contributed by atoms with Gasteiger partial charge >= 0.3 is 6.18 Å². The molecule has 12 heteroatoms. The van der Waals surface area contributed by atoms with Gasteiger partial charge in [0.15, 0.2) is 5.78 Å². The first-order valence-electron chi connectivity index (χ1n) is 11.9. The zero-order valence-electron chi connectivity index (χ0n) is 20.4. The Kier molecular flexibility index (Phi) is 6.81. The van der Waals surface area contributed by atoms with Gasteiger partial charge in [-0.05, 0) is 36.6 Å². The summed E-state index contributed by atoms with van der Waals surface area (Å²) < 4.78 is 40.8. The number of hydrogen-bond donors (Lipinski definition) is 2. The predicted molar refractivity (Wildman–Crippen MR) is 134 cm³/mol. The van der Waals surface area contributed by atoms with E-state index in [-0.39, 0.29) is 23.7 Å². The van der Waals surface area contributed by atoms with Gasteiger partial charge in [-0.3, -0.25) is 9.36 Å². The second kappa shape index (κ2) is 10.2. The highest BCUT2D eigenvalue weighted by Gasteiger charge is 2.30. The number of rotatable bonds is 7. The van der Waals surface area contributed by atoms with E-state index in [1.54, 1.807) is 41.5 Å². The molecular formula is C26H24F3N7O2. The van der Waals surface area contributed by atoms with Crippen molar-refractivity contribution in [2.24, 2.45) is 0 Å². The molecule has 38 heavy (non-hydrogen) atoms. The van der Waals surface area contributed by atoms with Gasteiger partial charge in [-0.2, -0.15) is 28.1 Å². The van der Waals surface area contributed by atoms with Crippen molar-refractivity contribution in [1.82, 2.24) is 24.5 Å². The van der Waals surface area contributed by atoms with Crippen LogP contribution in [0, 0.1) is 6.92 Å². The van der Waals surface area contributed by atoms with Gasteiger partial charge in [0.2, 0.25) is 17.8 Å². The van der Waals surface area contributed by atoms with Gasteiger partial charge < -0.3 is 15.3 Å². The minimum absolute atomic E-state index is 0.176. The highest BCUT2D eigenvalue weighted by Crippen LogP contribution is 2.30. The first-order chi connectivity index (χ1) is 18.2. The smallest absolute Gasteiger partial charge is 0.391 e. The molecule has 5 rings (SSSR count). The van der Waals surface area contributed by atoms with Crippen LogP contribution in [0.4, 0.5) is 30.8 Å². The van der Waals surface area contributed by atoms with Crippen LogP contribution in [-0.4, -0.2) is 54.6 Å². The Labute approximate surface area is 216 Å². The number of benzene rings is 2. The molecule has 0 saturated carbocycles. The fraction of sp³-hybridized carbons (Fsp3) is 0.269. The number of hydrogen-bond acceptors (Lipinski definition) is 8. The van der Waals surface area contributed by atoms with Gasteiger partial charge in [0, 0.05) is 43.2 Å². The lowest BCUT2D eigenvalue weighted by atomic mass is 9.99. The maximum absolute atomic E-state index is 13.1. The van der Waals surface area contributed by atoms with Crippen LogP contribution in [0.2, 0.25) is 0 Å². The van der Waals surface area contributed by atoms with Gasteiger partial charge in [0.1, 0.15) is 6.33 Å². The molecule has 1 aliphatic rings. The molecule has 2 aromatic carbocycles. The van der Waals surface area contributed by atoms with E-state index in [1.807, 2.05) is 11.8 Å². The van der Waals surface area contributed by atoms with Crippen molar-refractivity contribution in [1.29, 1.82) is 0 Å². The number of Topliss-reactive ketones (excluding diaryl/α,β-unsaturated/α-hetero) is 1. The number of aryl methyl sites for hydroxylation is 1. The third-order valence-corrected chi connectivity index (χ3v) is 6.22. The minimum Gasteiger partial charge on any atom is -0.391 e. The number of nitrogens with zero attached hydrogens (tertiary/aromatic N) is 6. The summed E-state index contributed by atoms with van der Waals surface area (Å²) in [5, 5.41) is 13.1. The number of β-amino-alcohol motifs (C(OH)–C–C–N with tert-alkyl or cyclic N) is 1. The van der Waals surface area contributed by atoms with Crippen molar-refractivity contribution in [2.45, 2.75) is 32.0 Å². The SMILES string of the molecule is Cc1ccc(C(=O)Cc2cccc(C(F)(F)F)c2)cc1Nc1nc(N2CC[C@H](O)C2)nc(-n2ccnc2)n1. The molecular weight excluding hydrogens is 499 g/mol. The van der Waals surface area contributed by atoms with Crippen LogP contribution in [0.25, 0.3) is 5.95 Å². The standard InChI is InChI=1S/C26H24F3N7O2/c1-16-5-6-18(22(38)12-17-3-2-4-19(11-17)26(27,28)29)13-21(16)31-23-32-24(35-9-7-20(37)14-35)34-25(33-23)36-10-8-30-15-36/h2-6,8,10-11,13,15,20,37H,7,9,12,14H2,1H3,(H,31,32,33,34)/t20-/m0/s1. The van der Waals surface area contributed by atoms with Crippen LogP contribution < -0.4 is 10.2 Å². The molecule has 0 aliphatic carbocycles. The Morgan fingerprint density at radius 1 is 1.13 bits per heavy atom. The van der Waals surface area contributed by atoms with Crippen molar-refractivity contribution in [3.8, 4) is 5.95 Å². The van der Waals surface area contributed by atoms with Crippen molar-refractivity contribution < 1.29 is 23.1 Å². The van der Waals surface area contributed by atoms with Gasteiger partial charge in [-0.25, -0.2) is 4.98 Å². The molecule has 0 spiro atoms. The first-order valence-corrected chi connectivity index (χ1v) is 11.9. The molecule has 1 fully saturated rings. The van der Waals surface area contributed by atoms with E-state index in [2.05, 4.69) is 25.3 Å². The van der Waals surface area contributed by atoms with Crippen LogP contribution in [0.5, 0.6) is 0 Å². The number of aromatic nitrogens is 5. The largest absolute Gasteiger partial charge is 0.416 e. The molecule has 196 valence electrons. The summed E-state index contributed by atoms with van der Waals surface area (Å²) in [6, 6.07) is 9.78. The number of carbonyl (C=O) groups is 1. The lowest BCUT2D eigenvalue weighted by Crippen LogP contribution is -2.24. The average Bonchev–Trinajstić information content (AvgIpc) is 3.57. The second-order valence-electron chi connectivity index (χ2n) is 9.07. The predicted octanol–water partition coefficient (Wildman–Crippen LogP) is 4.12. The Morgan fingerprint density at radius 2 is 1.95 bits per heavy atom. The molecule has 9 nitrogen and oxygen atoms in total. The first kappa shape index (κ1) is 25.3. The Bertz CT molecular complexity index is 1460. The summed E-state index contributed by atoms with van der Waals surface area (Å²) in [7, 11) is 0. The molecule has 0 bridgehead atoms. The summed E-state index contributed by atoms with van der Waals surface area (Å²) in [4.78, 5) is 32.4. The number of halogens is 3. The maximum atomic E-state index is 13.1. The van der Waals surface area contributed by atoms with E-state index in [0.29, 0.717) is 42.7 Å². The van der Waals surface area contributed by atoms with E-state index < -0.39 is 17.8 Å². The van der Waals surface area contributed by atoms with Crippen LogP contribution in [0.1, 0.15) is 33.5 Å². The zero-order chi connectivity index (χ0) is 26.9. The molecule has 0 amide bonds. The molecule has 1 aliphatic heterocycles. The zero-order valence-corrected chi connectivity index (χ0v) is 20.4. The third-order valence-electron chi connectivity index (χ3n) is 6.22. The summed E-state index contributed by atoms with van der Waals surface area (Å²) in [6.07, 6.45) is 0.321. The quantitative estimate of drug-likeness (QED) is 0.348. The second-order valence-corrected chi connectivity index (χ2v) is 9.07. The fourth-order valence-electron chi connectivity index (χ4n) is 4.16. The van der Waals surface area contributed by atoms with Crippen molar-refractivity contribution >= 4 is 23.4 Å². The number of imidazole rings is 1. The molecule has 2 aromatic heterocycles. The third kappa shape index (κ3) is 5.65. The maximum Gasteiger partial charge on any atom is 0.416 e. The summed E-state index contributed by atoms with van der Waals surface area (Å²) in [5.41, 5.74) is 1.19. The summed E-state index contributed by atoms with van der Waals surface area (Å²) in [5.74, 6) is 0.613. The molecule has 3 heterocycles. The Hall–Kier alpha value is -4.32. The summed E-state index contributed by atoms with van der Waals surface area (Å²) >= 11 is 0. The number of aliphatic hydroxyl groups excluding tert-OH is 1. The van der Waals surface area contributed by atoms with Crippen LogP contribution >= 0.6 is 0 Å². The van der Waals surface area contributed by atoms with Gasteiger partial charge in [-0.1, -0.05) is 30.3 Å². The number of ketones is 1. The number of carbonyl (C=O) groups excluding carboxylic acids is 1. The monoisotopic (exact) mass is 523 g/mol. The normalized spacial score (nSPS) is 15.6. The number of anilines is 3. The van der Waals surface area contributed by atoms with Gasteiger partial charge in [0.05, 0.1) is 11.7 Å². The van der Waals surface area contributed by atoms with E-state index >= 15 is 0 Å². The van der Waals surface area contributed by atoms with E-state index in [0.717, 1.165) is 17.7 Å². The number of aliphatic hydroxyl groups is 1.